The fourth-order valence-corrected chi connectivity index (χ4v) is 16.4. The first-order chi connectivity index (χ1) is 65.8. The zero-order valence-corrected chi connectivity index (χ0v) is 74.5. The van der Waals surface area contributed by atoms with Crippen LogP contribution in [0.15, 0.2) is 291 Å². The van der Waals surface area contributed by atoms with E-state index in [1.54, 1.807) is 24.3 Å². The molecule has 0 saturated carbocycles. The van der Waals surface area contributed by atoms with E-state index in [0.717, 1.165) is 138 Å². The molecule has 4 N–H and O–H groups in total. The molecule has 4 aliphatic carbocycles. The van der Waals surface area contributed by atoms with Gasteiger partial charge in [-0.05, 0) is 190 Å². The number of benzene rings is 12. The van der Waals surface area contributed by atoms with Gasteiger partial charge in [-0.2, -0.15) is 0 Å². The van der Waals surface area contributed by atoms with Crippen molar-refractivity contribution in [1.82, 2.24) is 39.9 Å². The average molecular weight is 1910 g/mol. The predicted molar refractivity (Wildman–Crippen MR) is 524 cm³/mol. The minimum atomic E-state index is -2.28. The number of fused-ring (bicyclic) bond motifs is 12. The number of nitrogens with one attached hydrogen (secondary N) is 4. The van der Waals surface area contributed by atoms with E-state index in [1.165, 1.54) is 22.8 Å². The summed E-state index contributed by atoms with van der Waals surface area (Å²) in [5.74, 6) is -12.9. The molecule has 0 aliphatic heterocycles. The lowest BCUT2D eigenvalue weighted by atomic mass is 9.92. The normalized spacial score (nSPS) is 12.3. The smallest absolute Gasteiger partial charge is 0.256 e. The Balaban J connectivity index is 0.000000125. The van der Waals surface area contributed by atoms with Crippen molar-refractivity contribution in [2.24, 2.45) is 0 Å². The molecule has 24 heteroatoms. The van der Waals surface area contributed by atoms with Gasteiger partial charge < -0.3 is 21.3 Å². The molecule has 4 aromatic heterocycles. The third kappa shape index (κ3) is 22.3. The van der Waals surface area contributed by atoms with Crippen molar-refractivity contribution >= 4 is 118 Å². The number of aromatic nitrogens is 8. The number of halogens is 8. The predicted octanol–water partition coefficient (Wildman–Crippen LogP) is 24.0. The lowest BCUT2D eigenvalue weighted by Crippen LogP contribution is -2.21. The van der Waals surface area contributed by atoms with Gasteiger partial charge in [-0.3, -0.25) is 19.2 Å². The summed E-state index contributed by atoms with van der Waals surface area (Å²) in [5, 5.41) is 11.3. The Morgan fingerprint density at radius 2 is 0.556 bits per heavy atom. The molecule has 0 radical (unpaired) electrons. The zero-order valence-electron chi connectivity index (χ0n) is 72.3. The van der Waals surface area contributed by atoms with Crippen LogP contribution in [-0.2, 0) is 85.0 Å². The third-order valence-corrected chi connectivity index (χ3v) is 23.6. The molecule has 0 bridgehead atoms. The maximum atomic E-state index is 14.1. The van der Waals surface area contributed by atoms with Gasteiger partial charge in [0.2, 0.25) is 23.5 Å². The SMILES string of the molecule is O=C(Cc1c(F)c(F)c(F)c(F)c1F)Nc1nc2c(nc1/C=C/c1ccccc1)-c1ccccc1CC2.O=C(Cc1ccc(F)c(F)c1)Nc1nc2c(nc1/C=C/c1ccccc1)-c1ccccc1CC2.O=C(Cc1ccc(I)cc1)Nc1nc2c(nc1/C=C/c1ccccc1)-c1ccccc1CC2.O=C(Nc1nc2c(nc1/C=C/c1ccccc1)-c1ccccc1CC2)c1ccccc1. The Morgan fingerprint density at radius 3 is 0.889 bits per heavy atom. The average Bonchev–Trinajstić information content (AvgIpc) is 0.783. The number of amides is 4. The summed E-state index contributed by atoms with van der Waals surface area (Å²) in [6.45, 7) is 0. The zero-order chi connectivity index (χ0) is 93.3. The van der Waals surface area contributed by atoms with Gasteiger partial charge in [-0.1, -0.05) is 279 Å². The minimum absolute atomic E-state index is 0.0131. The number of rotatable bonds is 19. The summed E-state index contributed by atoms with van der Waals surface area (Å²) in [5.41, 5.74) is 22.4. The van der Waals surface area contributed by atoms with Crippen LogP contribution in [0, 0.1) is 44.3 Å². The van der Waals surface area contributed by atoms with Crippen LogP contribution in [0.4, 0.5) is 54.0 Å². The van der Waals surface area contributed by atoms with Crippen LogP contribution in [0.25, 0.3) is 93.6 Å². The fraction of sp³-hybridized carbons (Fsp3) is 0.0991. The summed E-state index contributed by atoms with van der Waals surface area (Å²) in [6, 6.07) is 92.2. The Bertz CT molecular complexity index is 7250. The highest BCUT2D eigenvalue weighted by atomic mass is 127. The third-order valence-electron chi connectivity index (χ3n) is 22.8. The van der Waals surface area contributed by atoms with Crippen molar-refractivity contribution in [3.8, 4) is 45.0 Å². The summed E-state index contributed by atoms with van der Waals surface area (Å²) in [6.07, 6.45) is 20.3. The Kier molecular flexibility index (Phi) is 28.6. The first-order valence-corrected chi connectivity index (χ1v) is 44.7. The standard InChI is InChI=1S/C28H18F5N3O.C28H21F2N3O.C28H22IN3O.C27H21N3O/c29-22-18(23(30)25(32)26(33)24(22)31)14-21(37)36-28-20(12-10-15-6-2-1-3-7-15)34-27-17-9-5-4-8-16(17)11-13-19(27)35-28;29-22-13-10-19(16-23(22)30)17-26(34)33-28-25(14-11-18-6-2-1-3-7-18)31-27-21-9-5-4-8-20(21)12-15-24(27)32-28;29-22-14-10-20(11-15-22)18-26(33)32-28-25(16-12-19-6-2-1-3-7-19)30-27-23-9-5-4-8-21(23)13-17-24(27)31-28;31-27(21-12-5-2-6-13-21)30-26-24(17-15-19-9-3-1-4-10-19)28-25-22-14-8-7-11-20(22)16-18-23(25)29-26/h1-10,12H,11,13-14H2,(H,35,36,37);1-11,13-14,16H,12,15,17H2,(H,32,33,34);1-12,14-16H,13,17-18H2,(H,31,32,33);1-15,17H,16,18H2,(H,29,30,31)/b12-10+;14-11+;16-12+;17-15+. The van der Waals surface area contributed by atoms with E-state index >= 15 is 0 Å². The largest absolute Gasteiger partial charge is 0.309 e. The number of anilines is 4. The van der Waals surface area contributed by atoms with Crippen molar-refractivity contribution in [2.75, 3.05) is 21.3 Å². The highest BCUT2D eigenvalue weighted by Gasteiger charge is 2.31. The molecule has 666 valence electrons. The molecule has 0 atom stereocenters. The van der Waals surface area contributed by atoms with Gasteiger partial charge in [-0.15, -0.1) is 0 Å². The first kappa shape index (κ1) is 91.0. The molecule has 0 saturated heterocycles. The molecular formula is C111H82F7IN12O4. The Morgan fingerprint density at radius 1 is 0.274 bits per heavy atom. The number of nitrogens with zero attached hydrogens (tertiary/aromatic N) is 8. The van der Waals surface area contributed by atoms with Crippen LogP contribution in [-0.4, -0.2) is 63.5 Å². The lowest BCUT2D eigenvalue weighted by Gasteiger charge is -2.20. The van der Waals surface area contributed by atoms with Crippen molar-refractivity contribution in [3.63, 3.8) is 0 Å². The van der Waals surface area contributed by atoms with Crippen molar-refractivity contribution in [1.29, 1.82) is 0 Å². The van der Waals surface area contributed by atoms with Crippen LogP contribution in [0.2, 0.25) is 0 Å². The van der Waals surface area contributed by atoms with E-state index < -0.39 is 58.6 Å². The number of hydrogen-bond donors (Lipinski definition) is 4. The monoisotopic (exact) mass is 1910 g/mol. The molecule has 0 spiro atoms. The Hall–Kier alpha value is -16.0. The van der Waals surface area contributed by atoms with Crippen molar-refractivity contribution in [3.05, 3.63) is 448 Å². The van der Waals surface area contributed by atoms with Gasteiger partial charge in [0.15, 0.2) is 58.2 Å². The van der Waals surface area contributed by atoms with E-state index in [0.29, 0.717) is 82.7 Å². The second-order valence-corrected chi connectivity index (χ2v) is 33.3. The van der Waals surface area contributed by atoms with Gasteiger partial charge in [0, 0.05) is 37.0 Å². The van der Waals surface area contributed by atoms with Gasteiger partial charge in [0.25, 0.3) is 5.91 Å². The fourth-order valence-electron chi connectivity index (χ4n) is 16.1. The van der Waals surface area contributed by atoms with Gasteiger partial charge in [0.05, 0.1) is 64.8 Å². The second-order valence-electron chi connectivity index (χ2n) is 32.0. The topological polar surface area (TPSA) is 220 Å². The Labute approximate surface area is 787 Å². The lowest BCUT2D eigenvalue weighted by molar-refractivity contribution is -0.116. The van der Waals surface area contributed by atoms with Crippen LogP contribution >= 0.6 is 22.6 Å². The molecule has 16 nitrogen and oxygen atoms in total. The van der Waals surface area contributed by atoms with E-state index in [1.807, 2.05) is 255 Å². The number of aryl methyl sites for hydroxylation is 8. The molecule has 12 aromatic carbocycles. The van der Waals surface area contributed by atoms with E-state index in [2.05, 4.69) is 91.3 Å². The molecule has 0 unspecified atom stereocenters. The molecule has 4 aliphatic rings. The number of hydrogen-bond acceptors (Lipinski definition) is 12. The van der Waals surface area contributed by atoms with E-state index in [4.69, 9.17) is 34.9 Å². The van der Waals surface area contributed by atoms with Crippen molar-refractivity contribution < 1.29 is 49.9 Å². The summed E-state index contributed by atoms with van der Waals surface area (Å²) in [7, 11) is 0. The second kappa shape index (κ2) is 42.5. The van der Waals surface area contributed by atoms with Gasteiger partial charge in [-0.25, -0.2) is 70.6 Å². The molecule has 20 rings (SSSR count). The highest BCUT2D eigenvalue weighted by molar-refractivity contribution is 14.1. The molecule has 135 heavy (non-hydrogen) atoms. The van der Waals surface area contributed by atoms with Crippen molar-refractivity contribution in [2.45, 2.75) is 70.6 Å². The molecule has 4 amide bonds. The van der Waals surface area contributed by atoms with E-state index in [-0.39, 0.29) is 35.7 Å². The molecular weight excluding hydrogens is 1830 g/mol. The van der Waals surface area contributed by atoms with Crippen LogP contribution < -0.4 is 21.3 Å². The quantitative estimate of drug-likeness (QED) is 0.0257. The van der Waals surface area contributed by atoms with Gasteiger partial charge >= 0.3 is 0 Å². The van der Waals surface area contributed by atoms with Crippen LogP contribution in [0.5, 0.6) is 0 Å². The molecule has 0 fully saturated rings. The van der Waals surface area contributed by atoms with E-state index in [9.17, 15) is 49.9 Å². The number of carbonyl (C=O) groups excluding carboxylic acids is 4. The summed E-state index contributed by atoms with van der Waals surface area (Å²) in [4.78, 5) is 89.7. The summed E-state index contributed by atoms with van der Waals surface area (Å²) < 4.78 is 96.7. The highest BCUT2D eigenvalue weighted by Crippen LogP contribution is 2.39. The molecule has 16 aromatic rings. The molecule has 4 heterocycles. The maximum Gasteiger partial charge on any atom is 0.256 e. The maximum absolute atomic E-state index is 14.1. The van der Waals surface area contributed by atoms with Crippen LogP contribution in [0.3, 0.4) is 0 Å². The van der Waals surface area contributed by atoms with Crippen LogP contribution in [0.1, 0.15) is 117 Å². The van der Waals surface area contributed by atoms with Gasteiger partial charge in [0.1, 0.15) is 22.8 Å². The first-order valence-electron chi connectivity index (χ1n) is 43.7. The minimum Gasteiger partial charge on any atom is -0.309 e. The number of carbonyl (C=O) groups is 4. The summed E-state index contributed by atoms with van der Waals surface area (Å²) >= 11 is 2.26.